The lowest BCUT2D eigenvalue weighted by molar-refractivity contribution is -0.147. The first kappa shape index (κ1) is 18.3. The monoisotopic (exact) mass is 222 g/mol. The predicted molar refractivity (Wildman–Crippen MR) is 52.1 cm³/mol. The second-order valence-electron chi connectivity index (χ2n) is 1.87. The summed E-state index contributed by atoms with van der Waals surface area (Å²) in [5, 5.41) is 27.5. The molecule has 0 spiro atoms. The van der Waals surface area contributed by atoms with E-state index >= 15 is 0 Å². The van der Waals surface area contributed by atoms with E-state index in [4.69, 9.17) is 21.0 Å². The SMILES string of the molecule is N=C(N)N.N=C(N)N.O=C(O)CC(=O)O. The van der Waals surface area contributed by atoms with Crippen molar-refractivity contribution >= 4 is 23.9 Å². The summed E-state index contributed by atoms with van der Waals surface area (Å²) in [6.45, 7) is 0. The molecule has 0 aliphatic heterocycles. The van der Waals surface area contributed by atoms with E-state index in [1.54, 1.807) is 0 Å². The standard InChI is InChI=1S/C3H4O4.2CH5N3/c4-2(5)1-3(6)7;2*2-1(3)4/h1H2,(H,4,5)(H,6,7);2*(H5,2,3,4). The van der Waals surface area contributed by atoms with E-state index < -0.39 is 18.4 Å². The number of guanidine groups is 2. The van der Waals surface area contributed by atoms with Gasteiger partial charge >= 0.3 is 11.9 Å². The van der Waals surface area contributed by atoms with Crippen molar-refractivity contribution in [1.82, 2.24) is 0 Å². The van der Waals surface area contributed by atoms with Crippen LogP contribution in [0.1, 0.15) is 6.42 Å². The van der Waals surface area contributed by atoms with Crippen molar-refractivity contribution in [2.45, 2.75) is 6.42 Å². The van der Waals surface area contributed by atoms with Crippen molar-refractivity contribution in [2.24, 2.45) is 22.9 Å². The highest BCUT2D eigenvalue weighted by atomic mass is 16.4. The molecule has 0 fully saturated rings. The first-order chi connectivity index (χ1) is 6.59. The van der Waals surface area contributed by atoms with Crippen molar-refractivity contribution in [2.75, 3.05) is 0 Å². The summed E-state index contributed by atoms with van der Waals surface area (Å²) in [5.74, 6) is -3.29. The maximum atomic E-state index is 9.43. The Labute approximate surface area is 84.9 Å². The van der Waals surface area contributed by atoms with Gasteiger partial charge in [0.15, 0.2) is 11.9 Å². The van der Waals surface area contributed by atoms with E-state index in [2.05, 4.69) is 22.9 Å². The van der Waals surface area contributed by atoms with Crippen LogP contribution in [0.4, 0.5) is 0 Å². The number of carboxylic acid groups (broad SMARTS) is 2. The highest BCUT2D eigenvalue weighted by molar-refractivity contribution is 5.88. The summed E-state index contributed by atoms with van der Waals surface area (Å²) in [7, 11) is 0. The normalized spacial score (nSPS) is 6.93. The minimum Gasteiger partial charge on any atom is -0.481 e. The Morgan fingerprint density at radius 3 is 1.00 bits per heavy atom. The number of nitrogens with one attached hydrogen (secondary N) is 2. The molecule has 0 saturated heterocycles. The van der Waals surface area contributed by atoms with E-state index in [1.807, 2.05) is 0 Å². The van der Waals surface area contributed by atoms with Crippen LogP contribution in [0.25, 0.3) is 0 Å². The van der Waals surface area contributed by atoms with Crippen LogP contribution >= 0.6 is 0 Å². The quantitative estimate of drug-likeness (QED) is 0.138. The predicted octanol–water partition coefficient (Wildman–Crippen LogP) is -2.78. The maximum absolute atomic E-state index is 9.43. The molecule has 0 atom stereocenters. The molecular weight excluding hydrogens is 208 g/mol. The molecule has 0 saturated carbocycles. The number of carbonyl (C=O) groups is 2. The summed E-state index contributed by atoms with van der Waals surface area (Å²) in [5.41, 5.74) is 17.9. The van der Waals surface area contributed by atoms with Crippen molar-refractivity contribution in [3.63, 3.8) is 0 Å². The largest absolute Gasteiger partial charge is 0.481 e. The average Bonchev–Trinajstić information content (AvgIpc) is 1.78. The molecule has 0 heterocycles. The molecule has 0 radical (unpaired) electrons. The second kappa shape index (κ2) is 11.5. The van der Waals surface area contributed by atoms with Gasteiger partial charge in [-0.1, -0.05) is 0 Å². The Kier molecular flexibility index (Phi) is 14.0. The summed E-state index contributed by atoms with van der Waals surface area (Å²) in [6.07, 6.45) is -0.806. The fourth-order valence-corrected chi connectivity index (χ4v) is 0.129. The van der Waals surface area contributed by atoms with E-state index in [1.165, 1.54) is 0 Å². The van der Waals surface area contributed by atoms with Crippen LogP contribution in [-0.4, -0.2) is 34.1 Å². The van der Waals surface area contributed by atoms with Crippen LogP contribution in [0, 0.1) is 10.8 Å². The summed E-state index contributed by atoms with van der Waals surface area (Å²) in [4.78, 5) is 18.9. The fraction of sp³-hybridized carbons (Fsp3) is 0.200. The van der Waals surface area contributed by atoms with Gasteiger partial charge in [0.05, 0.1) is 0 Å². The summed E-state index contributed by atoms with van der Waals surface area (Å²) >= 11 is 0. The Morgan fingerprint density at radius 2 is 1.00 bits per heavy atom. The molecule has 0 aliphatic carbocycles. The zero-order valence-corrected chi connectivity index (χ0v) is 7.73. The van der Waals surface area contributed by atoms with Crippen molar-refractivity contribution in [3.05, 3.63) is 0 Å². The number of aliphatic carboxylic acids is 2. The van der Waals surface area contributed by atoms with Crippen LogP contribution in [0.5, 0.6) is 0 Å². The van der Waals surface area contributed by atoms with Gasteiger partial charge in [0.25, 0.3) is 0 Å². The highest BCUT2D eigenvalue weighted by Crippen LogP contribution is 1.74. The molecule has 10 nitrogen and oxygen atoms in total. The minimum absolute atomic E-state index is 0.333. The molecule has 0 aliphatic rings. The first-order valence-corrected chi connectivity index (χ1v) is 3.22. The lowest BCUT2D eigenvalue weighted by Crippen LogP contribution is -2.20. The molecule has 88 valence electrons. The average molecular weight is 222 g/mol. The summed E-state index contributed by atoms with van der Waals surface area (Å²) < 4.78 is 0. The number of hydrogen-bond donors (Lipinski definition) is 8. The molecule has 0 amide bonds. The molecular formula is C5H14N6O4. The second-order valence-corrected chi connectivity index (χ2v) is 1.87. The molecule has 0 aromatic heterocycles. The number of nitrogens with two attached hydrogens (primary N) is 4. The fourth-order valence-electron chi connectivity index (χ4n) is 0.129. The highest BCUT2D eigenvalue weighted by Gasteiger charge is 2.01. The Hall–Kier alpha value is -2.52. The van der Waals surface area contributed by atoms with Gasteiger partial charge in [-0.05, 0) is 0 Å². The Bertz CT molecular complexity index is 208. The molecule has 0 rings (SSSR count). The zero-order valence-electron chi connectivity index (χ0n) is 7.73. The van der Waals surface area contributed by atoms with Crippen LogP contribution in [0.3, 0.4) is 0 Å². The minimum atomic E-state index is -1.31. The van der Waals surface area contributed by atoms with Crippen LogP contribution in [-0.2, 0) is 9.59 Å². The van der Waals surface area contributed by atoms with E-state index in [-0.39, 0.29) is 11.9 Å². The first-order valence-electron chi connectivity index (χ1n) is 3.22. The van der Waals surface area contributed by atoms with Crippen molar-refractivity contribution in [3.8, 4) is 0 Å². The third-order valence-corrected chi connectivity index (χ3v) is 0.302. The number of carboxylic acids is 2. The van der Waals surface area contributed by atoms with Gasteiger partial charge < -0.3 is 33.1 Å². The van der Waals surface area contributed by atoms with E-state index in [0.717, 1.165) is 0 Å². The van der Waals surface area contributed by atoms with Crippen molar-refractivity contribution in [1.29, 1.82) is 10.8 Å². The molecule has 0 aromatic rings. The Morgan fingerprint density at radius 1 is 0.867 bits per heavy atom. The third kappa shape index (κ3) is 471. The van der Waals surface area contributed by atoms with Gasteiger partial charge in [-0.15, -0.1) is 0 Å². The van der Waals surface area contributed by atoms with Crippen LogP contribution in [0.15, 0.2) is 0 Å². The van der Waals surface area contributed by atoms with E-state index in [0.29, 0.717) is 0 Å². The van der Waals surface area contributed by atoms with Crippen LogP contribution in [0.2, 0.25) is 0 Å². The lowest BCUT2D eigenvalue weighted by atomic mass is 10.5. The van der Waals surface area contributed by atoms with Gasteiger partial charge in [-0.2, -0.15) is 0 Å². The van der Waals surface area contributed by atoms with Crippen LogP contribution < -0.4 is 22.9 Å². The number of rotatable bonds is 2. The third-order valence-electron chi connectivity index (χ3n) is 0.302. The lowest BCUT2D eigenvalue weighted by Gasteiger charge is -1.80. The Balaban J connectivity index is -0.000000155. The zero-order chi connectivity index (χ0) is 13.0. The maximum Gasteiger partial charge on any atom is 0.314 e. The molecule has 12 N–H and O–H groups in total. The van der Waals surface area contributed by atoms with Gasteiger partial charge in [-0.3, -0.25) is 20.4 Å². The molecule has 0 bridgehead atoms. The van der Waals surface area contributed by atoms with Crippen molar-refractivity contribution < 1.29 is 19.8 Å². The number of hydrogen-bond acceptors (Lipinski definition) is 4. The van der Waals surface area contributed by atoms with Gasteiger partial charge in [0.2, 0.25) is 0 Å². The molecule has 10 heteroatoms. The smallest absolute Gasteiger partial charge is 0.314 e. The molecule has 15 heavy (non-hydrogen) atoms. The van der Waals surface area contributed by atoms with Gasteiger partial charge in [0.1, 0.15) is 6.42 Å². The van der Waals surface area contributed by atoms with Gasteiger partial charge in [-0.25, -0.2) is 0 Å². The molecule has 0 unspecified atom stereocenters. The van der Waals surface area contributed by atoms with E-state index in [9.17, 15) is 9.59 Å². The summed E-state index contributed by atoms with van der Waals surface area (Å²) in [6, 6.07) is 0. The van der Waals surface area contributed by atoms with Gasteiger partial charge in [0, 0.05) is 0 Å². The topological polar surface area (TPSA) is 226 Å². The molecule has 0 aromatic carbocycles.